The molecule has 3 nitrogen and oxygen atoms in total. The molecule has 84 valence electrons. The van der Waals surface area contributed by atoms with Crippen molar-refractivity contribution in [3.63, 3.8) is 0 Å². The summed E-state index contributed by atoms with van der Waals surface area (Å²) < 4.78 is 10.9. The van der Waals surface area contributed by atoms with Crippen LogP contribution in [0.5, 0.6) is 5.75 Å². The number of para-hydroxylation sites is 1. The van der Waals surface area contributed by atoms with Gasteiger partial charge in [-0.15, -0.1) is 0 Å². The fourth-order valence-corrected chi connectivity index (χ4v) is 1.16. The Bertz CT molecular complexity index is 239. The van der Waals surface area contributed by atoms with Gasteiger partial charge in [-0.25, -0.2) is 0 Å². The van der Waals surface area contributed by atoms with Crippen molar-refractivity contribution in [3.8, 4) is 5.75 Å². The lowest BCUT2D eigenvalue weighted by Gasteiger charge is -2.06. The predicted octanol–water partition coefficient (Wildman–Crippen LogP) is 1.82. The molecule has 3 heteroatoms. The first-order chi connectivity index (χ1) is 7.43. The average molecular weight is 209 g/mol. The first kappa shape index (κ1) is 12.0. The smallest absolute Gasteiger partial charge is 0.119 e. The topological polar surface area (TPSA) is 44.5 Å². The third-order valence-electron chi connectivity index (χ3n) is 1.94. The van der Waals surface area contributed by atoms with E-state index in [1.807, 2.05) is 30.3 Å². The van der Waals surface area contributed by atoms with Crippen molar-refractivity contribution >= 4 is 0 Å². The van der Waals surface area contributed by atoms with Crippen molar-refractivity contribution in [2.24, 2.45) is 5.73 Å². The zero-order valence-electron chi connectivity index (χ0n) is 9.02. The highest BCUT2D eigenvalue weighted by Crippen LogP contribution is 2.08. The molecule has 0 heterocycles. The van der Waals surface area contributed by atoms with Gasteiger partial charge < -0.3 is 15.2 Å². The summed E-state index contributed by atoms with van der Waals surface area (Å²) in [6, 6.07) is 9.81. The molecule has 0 aliphatic rings. The summed E-state index contributed by atoms with van der Waals surface area (Å²) in [5, 5.41) is 0. The molecular weight excluding hydrogens is 190 g/mol. The van der Waals surface area contributed by atoms with E-state index in [-0.39, 0.29) is 0 Å². The van der Waals surface area contributed by atoms with Gasteiger partial charge in [0, 0.05) is 19.6 Å². The average Bonchev–Trinajstić information content (AvgIpc) is 2.29. The standard InChI is InChI=1S/C12H19NO2/c13-8-4-9-14-10-5-11-15-12-6-2-1-3-7-12/h1-3,6-7H,4-5,8-11,13H2. The van der Waals surface area contributed by atoms with Gasteiger partial charge in [0.1, 0.15) is 5.75 Å². The molecule has 0 aliphatic carbocycles. The van der Waals surface area contributed by atoms with Crippen LogP contribution in [0.3, 0.4) is 0 Å². The van der Waals surface area contributed by atoms with Crippen LogP contribution in [0.15, 0.2) is 30.3 Å². The number of ether oxygens (including phenoxy) is 2. The molecule has 0 fully saturated rings. The highest BCUT2D eigenvalue weighted by atomic mass is 16.5. The molecule has 0 atom stereocenters. The quantitative estimate of drug-likeness (QED) is 0.664. The third-order valence-corrected chi connectivity index (χ3v) is 1.94. The third kappa shape index (κ3) is 6.10. The van der Waals surface area contributed by atoms with Gasteiger partial charge >= 0.3 is 0 Å². The normalized spacial score (nSPS) is 10.2. The van der Waals surface area contributed by atoms with E-state index < -0.39 is 0 Å². The van der Waals surface area contributed by atoms with Crippen molar-refractivity contribution in [1.29, 1.82) is 0 Å². The summed E-state index contributed by atoms with van der Waals surface area (Å²) in [4.78, 5) is 0. The van der Waals surface area contributed by atoms with E-state index >= 15 is 0 Å². The van der Waals surface area contributed by atoms with Gasteiger partial charge in [-0.3, -0.25) is 0 Å². The fraction of sp³-hybridized carbons (Fsp3) is 0.500. The summed E-state index contributed by atoms with van der Waals surface area (Å²) in [5.74, 6) is 0.916. The first-order valence-corrected chi connectivity index (χ1v) is 5.39. The molecule has 1 rings (SSSR count). The van der Waals surface area contributed by atoms with E-state index in [4.69, 9.17) is 15.2 Å². The molecule has 0 bridgehead atoms. The lowest BCUT2D eigenvalue weighted by atomic mass is 10.3. The molecule has 0 aliphatic heterocycles. The number of hydrogen-bond acceptors (Lipinski definition) is 3. The van der Waals surface area contributed by atoms with E-state index in [1.54, 1.807) is 0 Å². The minimum absolute atomic E-state index is 0.695. The Labute approximate surface area is 91.2 Å². The summed E-state index contributed by atoms with van der Waals surface area (Å²) in [6.07, 6.45) is 1.85. The van der Waals surface area contributed by atoms with E-state index in [0.29, 0.717) is 13.2 Å². The van der Waals surface area contributed by atoms with Crippen LogP contribution in [0.1, 0.15) is 12.8 Å². The maximum absolute atomic E-state index is 5.51. The number of hydrogen-bond donors (Lipinski definition) is 1. The van der Waals surface area contributed by atoms with Crippen LogP contribution in [0.4, 0.5) is 0 Å². The molecule has 0 radical (unpaired) electrons. The van der Waals surface area contributed by atoms with E-state index in [9.17, 15) is 0 Å². The second-order valence-electron chi connectivity index (χ2n) is 3.27. The van der Waals surface area contributed by atoms with Crippen LogP contribution in [-0.4, -0.2) is 26.4 Å². The highest BCUT2D eigenvalue weighted by molar-refractivity contribution is 5.20. The molecule has 2 N–H and O–H groups in total. The first-order valence-electron chi connectivity index (χ1n) is 5.39. The summed E-state index contributed by atoms with van der Waals surface area (Å²) in [7, 11) is 0. The van der Waals surface area contributed by atoms with Crippen molar-refractivity contribution in [2.75, 3.05) is 26.4 Å². The zero-order valence-corrected chi connectivity index (χ0v) is 9.02. The minimum Gasteiger partial charge on any atom is -0.494 e. The Balaban J connectivity index is 1.93. The maximum atomic E-state index is 5.51. The van der Waals surface area contributed by atoms with Gasteiger partial charge in [-0.1, -0.05) is 18.2 Å². The molecule has 1 aromatic rings. The predicted molar refractivity (Wildman–Crippen MR) is 61.0 cm³/mol. The van der Waals surface area contributed by atoms with Crippen molar-refractivity contribution in [3.05, 3.63) is 30.3 Å². The Hall–Kier alpha value is -1.06. The van der Waals surface area contributed by atoms with Gasteiger partial charge in [0.15, 0.2) is 0 Å². The second kappa shape index (κ2) is 8.26. The van der Waals surface area contributed by atoms with Gasteiger partial charge in [0.25, 0.3) is 0 Å². The fourth-order valence-electron chi connectivity index (χ4n) is 1.16. The molecule has 0 saturated carbocycles. The van der Waals surface area contributed by atoms with Gasteiger partial charge in [0.2, 0.25) is 0 Å². The van der Waals surface area contributed by atoms with Gasteiger partial charge in [-0.05, 0) is 25.1 Å². The molecule has 0 saturated heterocycles. The largest absolute Gasteiger partial charge is 0.494 e. The number of benzene rings is 1. The summed E-state index contributed by atoms with van der Waals surface area (Å²) >= 11 is 0. The van der Waals surface area contributed by atoms with Crippen LogP contribution in [-0.2, 0) is 4.74 Å². The molecule has 15 heavy (non-hydrogen) atoms. The van der Waals surface area contributed by atoms with Crippen LogP contribution >= 0.6 is 0 Å². The van der Waals surface area contributed by atoms with Crippen molar-refractivity contribution in [2.45, 2.75) is 12.8 Å². The number of nitrogens with two attached hydrogens (primary N) is 1. The van der Waals surface area contributed by atoms with Crippen molar-refractivity contribution in [1.82, 2.24) is 0 Å². The second-order valence-corrected chi connectivity index (χ2v) is 3.27. The molecule has 0 spiro atoms. The van der Waals surface area contributed by atoms with E-state index in [0.717, 1.165) is 31.8 Å². The monoisotopic (exact) mass is 209 g/mol. The van der Waals surface area contributed by atoms with Crippen LogP contribution in [0.25, 0.3) is 0 Å². The Morgan fingerprint density at radius 1 is 0.933 bits per heavy atom. The molecular formula is C12H19NO2. The molecule has 0 aromatic heterocycles. The summed E-state index contributed by atoms with van der Waals surface area (Å²) in [6.45, 7) is 2.89. The molecule has 1 aromatic carbocycles. The van der Waals surface area contributed by atoms with Gasteiger partial charge in [0.05, 0.1) is 6.61 Å². The summed E-state index contributed by atoms with van der Waals surface area (Å²) in [5.41, 5.74) is 5.34. The van der Waals surface area contributed by atoms with Crippen LogP contribution < -0.4 is 10.5 Å². The molecule has 0 unspecified atom stereocenters. The lowest BCUT2D eigenvalue weighted by Crippen LogP contribution is -2.07. The van der Waals surface area contributed by atoms with Gasteiger partial charge in [-0.2, -0.15) is 0 Å². The lowest BCUT2D eigenvalue weighted by molar-refractivity contribution is 0.118. The zero-order chi connectivity index (χ0) is 10.8. The SMILES string of the molecule is NCCCOCCCOc1ccccc1. The highest BCUT2D eigenvalue weighted by Gasteiger charge is 1.92. The minimum atomic E-state index is 0.695. The van der Waals surface area contributed by atoms with E-state index in [2.05, 4.69) is 0 Å². The van der Waals surface area contributed by atoms with Crippen LogP contribution in [0.2, 0.25) is 0 Å². The van der Waals surface area contributed by atoms with Crippen molar-refractivity contribution < 1.29 is 9.47 Å². The number of rotatable bonds is 8. The Morgan fingerprint density at radius 2 is 1.67 bits per heavy atom. The Kier molecular flexibility index (Phi) is 6.62. The van der Waals surface area contributed by atoms with E-state index in [1.165, 1.54) is 0 Å². The maximum Gasteiger partial charge on any atom is 0.119 e. The molecule has 0 amide bonds. The van der Waals surface area contributed by atoms with Crippen LogP contribution in [0, 0.1) is 0 Å². The Morgan fingerprint density at radius 3 is 2.40 bits per heavy atom.